The van der Waals surface area contributed by atoms with Crippen molar-refractivity contribution in [2.45, 2.75) is 44.0 Å². The molecule has 0 aromatic heterocycles. The molecule has 1 atom stereocenters. The first-order valence-corrected chi connectivity index (χ1v) is 12.3. The van der Waals surface area contributed by atoms with Crippen LogP contribution in [-0.2, 0) is 16.4 Å². The molecule has 0 bridgehead atoms. The predicted octanol–water partition coefficient (Wildman–Crippen LogP) is 4.94. The lowest BCUT2D eigenvalue weighted by Crippen LogP contribution is -2.31. The van der Waals surface area contributed by atoms with Crippen molar-refractivity contribution in [3.05, 3.63) is 94.5 Å². The summed E-state index contributed by atoms with van der Waals surface area (Å²) in [6.07, 6.45) is 2.95. The Kier molecular flexibility index (Phi) is 6.07. The number of carbonyl (C=O) groups is 1. The molecule has 3 aromatic carbocycles. The zero-order valence-corrected chi connectivity index (χ0v) is 19.4. The number of benzene rings is 3. The van der Waals surface area contributed by atoms with Gasteiger partial charge in [0.05, 0.1) is 16.6 Å². The molecule has 3 aromatic rings. The van der Waals surface area contributed by atoms with Crippen LogP contribution in [0.5, 0.6) is 0 Å². The Labute approximate surface area is 190 Å². The lowest BCUT2D eigenvalue weighted by Gasteiger charge is -2.27. The number of rotatable bonds is 5. The lowest BCUT2D eigenvalue weighted by molar-refractivity contribution is 0.0932. The Morgan fingerprint density at radius 1 is 1.00 bits per heavy atom. The molecule has 0 aliphatic heterocycles. The molecule has 1 amide bonds. The molecule has 1 aliphatic rings. The van der Waals surface area contributed by atoms with Crippen LogP contribution in [0.4, 0.5) is 5.69 Å². The minimum atomic E-state index is -3.74. The van der Waals surface area contributed by atoms with Crippen LogP contribution in [-0.4, -0.2) is 21.4 Å². The Morgan fingerprint density at radius 2 is 1.72 bits per heavy atom. The quantitative estimate of drug-likeness (QED) is 0.601. The number of hydrogen-bond acceptors (Lipinski definition) is 3. The normalized spacial score (nSPS) is 15.7. The van der Waals surface area contributed by atoms with Crippen molar-refractivity contribution in [1.82, 2.24) is 5.32 Å². The monoisotopic (exact) mass is 448 g/mol. The molecular weight excluding hydrogens is 420 g/mol. The van der Waals surface area contributed by atoms with Gasteiger partial charge >= 0.3 is 0 Å². The molecule has 1 N–H and O–H groups in total. The smallest absolute Gasteiger partial charge is 0.264 e. The topological polar surface area (TPSA) is 66.5 Å². The molecular formula is C26H28N2O3S. The number of anilines is 1. The van der Waals surface area contributed by atoms with Crippen molar-refractivity contribution in [3.63, 3.8) is 0 Å². The Hall–Kier alpha value is -3.12. The number of nitrogens with one attached hydrogen (secondary N) is 1. The van der Waals surface area contributed by atoms with Gasteiger partial charge in [-0.1, -0.05) is 48.0 Å². The highest BCUT2D eigenvalue weighted by molar-refractivity contribution is 7.92. The van der Waals surface area contributed by atoms with Gasteiger partial charge in [0.15, 0.2) is 0 Å². The Morgan fingerprint density at radius 3 is 2.47 bits per heavy atom. The Balaban J connectivity index is 1.60. The van der Waals surface area contributed by atoms with Crippen LogP contribution in [0.15, 0.2) is 71.6 Å². The van der Waals surface area contributed by atoms with Crippen molar-refractivity contribution in [2.75, 3.05) is 11.4 Å². The minimum absolute atomic E-state index is 0.0359. The van der Waals surface area contributed by atoms with Crippen LogP contribution in [0.1, 0.15) is 51.5 Å². The molecule has 4 rings (SSSR count). The van der Waals surface area contributed by atoms with E-state index in [1.54, 1.807) is 42.5 Å². The molecule has 0 unspecified atom stereocenters. The number of aryl methyl sites for hydroxylation is 3. The summed E-state index contributed by atoms with van der Waals surface area (Å²) < 4.78 is 27.6. The molecule has 0 spiro atoms. The third-order valence-electron chi connectivity index (χ3n) is 6.16. The number of carbonyl (C=O) groups excluding carboxylic acids is 1. The number of sulfonamides is 1. The van der Waals surface area contributed by atoms with Crippen molar-refractivity contribution in [3.8, 4) is 0 Å². The number of fused-ring (bicyclic) bond motifs is 1. The summed E-state index contributed by atoms with van der Waals surface area (Å²) in [4.78, 5) is 13.3. The molecule has 0 fully saturated rings. The van der Waals surface area contributed by atoms with Gasteiger partial charge in [0, 0.05) is 12.6 Å². The average molecular weight is 449 g/mol. The van der Waals surface area contributed by atoms with Gasteiger partial charge in [-0.3, -0.25) is 9.10 Å². The fraction of sp³-hybridized carbons (Fsp3) is 0.269. The minimum Gasteiger partial charge on any atom is -0.345 e. The maximum Gasteiger partial charge on any atom is 0.264 e. The van der Waals surface area contributed by atoms with Crippen LogP contribution < -0.4 is 9.62 Å². The summed E-state index contributed by atoms with van der Waals surface area (Å²) in [6.45, 7) is 3.76. The van der Waals surface area contributed by atoms with E-state index in [0.717, 1.165) is 30.4 Å². The van der Waals surface area contributed by atoms with E-state index < -0.39 is 10.0 Å². The highest BCUT2D eigenvalue weighted by Crippen LogP contribution is 2.31. The second-order valence-corrected chi connectivity index (χ2v) is 10.4. The van der Waals surface area contributed by atoms with Crippen LogP contribution in [0.25, 0.3) is 0 Å². The van der Waals surface area contributed by atoms with Gasteiger partial charge in [-0.2, -0.15) is 0 Å². The molecule has 0 saturated carbocycles. The first-order valence-electron chi connectivity index (χ1n) is 10.8. The third-order valence-corrected chi connectivity index (χ3v) is 7.95. The number of amides is 1. The van der Waals surface area contributed by atoms with Crippen molar-refractivity contribution in [1.29, 1.82) is 0 Å². The largest absolute Gasteiger partial charge is 0.345 e. The summed E-state index contributed by atoms with van der Waals surface area (Å²) in [5.41, 5.74) is 5.14. The van der Waals surface area contributed by atoms with Crippen LogP contribution in [0, 0.1) is 13.8 Å². The average Bonchev–Trinajstić information content (AvgIpc) is 2.79. The second-order valence-electron chi connectivity index (χ2n) is 8.40. The van der Waals surface area contributed by atoms with Crippen molar-refractivity contribution >= 4 is 21.6 Å². The zero-order valence-electron chi connectivity index (χ0n) is 18.6. The van der Waals surface area contributed by atoms with Gasteiger partial charge in [-0.05, 0) is 74.1 Å². The maximum atomic E-state index is 13.2. The van der Waals surface area contributed by atoms with Gasteiger partial charge in [-0.25, -0.2) is 8.42 Å². The molecule has 0 radical (unpaired) electrons. The molecule has 6 heteroatoms. The fourth-order valence-electron chi connectivity index (χ4n) is 4.23. The van der Waals surface area contributed by atoms with E-state index in [4.69, 9.17) is 0 Å². The van der Waals surface area contributed by atoms with Crippen LogP contribution >= 0.6 is 0 Å². The van der Waals surface area contributed by atoms with Gasteiger partial charge in [0.2, 0.25) is 0 Å². The van der Waals surface area contributed by atoms with Gasteiger partial charge in [0.25, 0.3) is 15.9 Å². The second kappa shape index (κ2) is 8.79. The van der Waals surface area contributed by atoms with E-state index in [-0.39, 0.29) is 16.8 Å². The zero-order chi connectivity index (χ0) is 22.9. The summed E-state index contributed by atoms with van der Waals surface area (Å²) in [7, 11) is -2.21. The van der Waals surface area contributed by atoms with Crippen molar-refractivity contribution < 1.29 is 13.2 Å². The SMILES string of the molecule is Cc1ccc(S(=O)(=O)N(C)c2cc(C(=O)N[C@H]3CCCc4ccccc43)ccc2C)cc1. The standard InChI is InChI=1S/C26H28N2O3S/c1-18-11-15-22(16-12-18)32(30,31)28(3)25-17-21(14-13-19(25)2)26(29)27-24-10-6-8-20-7-4-5-9-23(20)24/h4-5,7,9,11-17,24H,6,8,10H2,1-3H3,(H,27,29)/t24-/m0/s1. The maximum absolute atomic E-state index is 13.2. The summed E-state index contributed by atoms with van der Waals surface area (Å²) in [6, 6.07) is 20.1. The van der Waals surface area contributed by atoms with E-state index in [1.165, 1.54) is 22.5 Å². The Bertz CT molecular complexity index is 1250. The highest BCUT2D eigenvalue weighted by atomic mass is 32.2. The van der Waals surface area contributed by atoms with E-state index in [2.05, 4.69) is 17.4 Å². The summed E-state index contributed by atoms with van der Waals surface area (Å²) in [5, 5.41) is 3.15. The van der Waals surface area contributed by atoms with E-state index in [9.17, 15) is 13.2 Å². The van der Waals surface area contributed by atoms with Crippen LogP contribution in [0.3, 0.4) is 0 Å². The van der Waals surface area contributed by atoms with Gasteiger partial charge < -0.3 is 5.32 Å². The highest BCUT2D eigenvalue weighted by Gasteiger charge is 2.25. The number of hydrogen-bond donors (Lipinski definition) is 1. The molecule has 0 saturated heterocycles. The summed E-state index contributed by atoms with van der Waals surface area (Å²) in [5.74, 6) is -0.200. The third kappa shape index (κ3) is 4.28. The van der Waals surface area contributed by atoms with Gasteiger partial charge in [-0.15, -0.1) is 0 Å². The summed E-state index contributed by atoms with van der Waals surface area (Å²) >= 11 is 0. The molecule has 32 heavy (non-hydrogen) atoms. The molecule has 1 aliphatic carbocycles. The first-order chi connectivity index (χ1) is 15.3. The van der Waals surface area contributed by atoms with Gasteiger partial charge in [0.1, 0.15) is 0 Å². The van der Waals surface area contributed by atoms with Crippen molar-refractivity contribution in [2.24, 2.45) is 0 Å². The predicted molar refractivity (Wildman–Crippen MR) is 128 cm³/mol. The lowest BCUT2D eigenvalue weighted by atomic mass is 9.87. The van der Waals surface area contributed by atoms with Crippen LogP contribution in [0.2, 0.25) is 0 Å². The first kappa shape index (κ1) is 22.1. The fourth-order valence-corrected chi connectivity index (χ4v) is 5.49. The molecule has 5 nitrogen and oxygen atoms in total. The van der Waals surface area contributed by atoms with E-state index >= 15 is 0 Å². The molecule has 0 heterocycles. The van der Waals surface area contributed by atoms with E-state index in [0.29, 0.717) is 11.3 Å². The molecule has 166 valence electrons. The number of nitrogens with zero attached hydrogens (tertiary/aromatic N) is 1. The van der Waals surface area contributed by atoms with E-state index in [1.807, 2.05) is 26.0 Å².